The van der Waals surface area contributed by atoms with E-state index in [2.05, 4.69) is 15.8 Å². The molecule has 9 nitrogen and oxygen atoms in total. The molecule has 4 rings (SSSR count). The molecule has 9 heteroatoms. The van der Waals surface area contributed by atoms with E-state index >= 15 is 0 Å². The van der Waals surface area contributed by atoms with Crippen molar-refractivity contribution in [2.45, 2.75) is 33.6 Å². The topological polar surface area (TPSA) is 123 Å². The quantitative estimate of drug-likeness (QED) is 0.382. The van der Waals surface area contributed by atoms with Crippen LogP contribution in [0.1, 0.15) is 33.6 Å². The Morgan fingerprint density at radius 2 is 1.76 bits per heavy atom. The number of ketones is 1. The second-order valence-corrected chi connectivity index (χ2v) is 9.22. The predicted molar refractivity (Wildman–Crippen MR) is 124 cm³/mol. The van der Waals surface area contributed by atoms with Crippen molar-refractivity contribution in [1.29, 1.82) is 0 Å². The minimum absolute atomic E-state index is 0.0377. The van der Waals surface area contributed by atoms with Gasteiger partial charge >= 0.3 is 0 Å². The van der Waals surface area contributed by atoms with E-state index in [0.29, 0.717) is 35.7 Å². The number of ether oxygens (including phenoxy) is 1. The summed E-state index contributed by atoms with van der Waals surface area (Å²) in [7, 11) is 1.52. The van der Waals surface area contributed by atoms with Crippen LogP contribution in [0.5, 0.6) is 5.75 Å². The Kier molecular flexibility index (Phi) is 5.23. The zero-order valence-electron chi connectivity index (χ0n) is 19.0. The van der Waals surface area contributed by atoms with Crippen LogP contribution in [0.15, 0.2) is 53.6 Å². The van der Waals surface area contributed by atoms with E-state index < -0.39 is 21.2 Å². The summed E-state index contributed by atoms with van der Waals surface area (Å²) in [6, 6.07) is 12.8. The van der Waals surface area contributed by atoms with Crippen LogP contribution in [0.2, 0.25) is 0 Å². The molecule has 2 unspecified atom stereocenters. The SMILES string of the molecule is COc1ccccc1NC(=O)C12CCC(C)(C(=NNc3ccc([N+](=O)[O-])cc3)C1=O)C2(C)C. The molecule has 2 atom stereocenters. The molecular weight excluding hydrogens is 424 g/mol. The molecule has 0 heterocycles. The number of nitro benzene ring substituents is 1. The number of nitro groups is 1. The summed E-state index contributed by atoms with van der Waals surface area (Å²) in [6.45, 7) is 5.84. The third-order valence-corrected chi connectivity index (χ3v) is 7.69. The number of hydrazone groups is 1. The van der Waals surface area contributed by atoms with Gasteiger partial charge in [0.1, 0.15) is 16.9 Å². The van der Waals surface area contributed by atoms with Gasteiger partial charge in [0.25, 0.3) is 5.69 Å². The highest BCUT2D eigenvalue weighted by molar-refractivity contribution is 6.51. The number of anilines is 2. The molecule has 33 heavy (non-hydrogen) atoms. The van der Waals surface area contributed by atoms with Gasteiger partial charge in [0.05, 0.1) is 23.4 Å². The van der Waals surface area contributed by atoms with E-state index in [4.69, 9.17) is 4.74 Å². The van der Waals surface area contributed by atoms with Crippen molar-refractivity contribution in [2.75, 3.05) is 17.9 Å². The van der Waals surface area contributed by atoms with E-state index in [1.165, 1.54) is 31.4 Å². The average Bonchev–Trinajstić information content (AvgIpc) is 3.07. The molecule has 2 saturated carbocycles. The molecule has 0 spiro atoms. The van der Waals surface area contributed by atoms with Gasteiger partial charge in [-0.05, 0) is 42.5 Å². The Morgan fingerprint density at radius 3 is 2.39 bits per heavy atom. The lowest BCUT2D eigenvalue weighted by Gasteiger charge is -2.37. The average molecular weight is 450 g/mol. The fourth-order valence-corrected chi connectivity index (χ4v) is 5.23. The number of nitrogens with one attached hydrogen (secondary N) is 2. The normalized spacial score (nSPS) is 26.3. The first-order chi connectivity index (χ1) is 15.6. The van der Waals surface area contributed by atoms with Gasteiger partial charge in [0.15, 0.2) is 5.78 Å². The van der Waals surface area contributed by atoms with Gasteiger partial charge in [-0.1, -0.05) is 32.9 Å². The van der Waals surface area contributed by atoms with Crippen LogP contribution in [-0.4, -0.2) is 29.4 Å². The molecule has 0 aromatic heterocycles. The summed E-state index contributed by atoms with van der Waals surface area (Å²) in [5.74, 6) is -0.158. The van der Waals surface area contributed by atoms with Gasteiger partial charge in [-0.15, -0.1) is 0 Å². The van der Waals surface area contributed by atoms with Gasteiger partial charge in [0, 0.05) is 17.5 Å². The van der Waals surface area contributed by atoms with Crippen LogP contribution < -0.4 is 15.5 Å². The van der Waals surface area contributed by atoms with Crippen molar-refractivity contribution in [3.63, 3.8) is 0 Å². The molecule has 0 saturated heterocycles. The van der Waals surface area contributed by atoms with Crippen LogP contribution in [0.4, 0.5) is 17.1 Å². The maximum absolute atomic E-state index is 13.7. The Morgan fingerprint density at radius 1 is 1.09 bits per heavy atom. The minimum atomic E-state index is -1.27. The second-order valence-electron chi connectivity index (χ2n) is 9.22. The lowest BCUT2D eigenvalue weighted by Crippen LogP contribution is -2.47. The first-order valence-corrected chi connectivity index (χ1v) is 10.7. The predicted octanol–water partition coefficient (Wildman–Crippen LogP) is 4.41. The van der Waals surface area contributed by atoms with Gasteiger partial charge in [0.2, 0.25) is 5.91 Å². The van der Waals surface area contributed by atoms with Crippen LogP contribution in [0, 0.1) is 26.4 Å². The molecule has 2 aliphatic rings. The van der Waals surface area contributed by atoms with Crippen molar-refractivity contribution >= 4 is 34.5 Å². The highest BCUT2D eigenvalue weighted by atomic mass is 16.6. The molecule has 2 fully saturated rings. The first kappa shape index (κ1) is 22.4. The summed E-state index contributed by atoms with van der Waals surface area (Å²) in [5, 5.41) is 18.2. The van der Waals surface area contributed by atoms with Crippen LogP contribution in [-0.2, 0) is 9.59 Å². The second kappa shape index (κ2) is 7.68. The number of fused-ring (bicyclic) bond motifs is 2. The summed E-state index contributed by atoms with van der Waals surface area (Å²) in [4.78, 5) is 37.7. The Labute approximate surface area is 191 Å². The van der Waals surface area contributed by atoms with Gasteiger partial charge in [-0.2, -0.15) is 5.10 Å². The highest BCUT2D eigenvalue weighted by Crippen LogP contribution is 2.69. The van der Waals surface area contributed by atoms with Crippen LogP contribution in [0.3, 0.4) is 0 Å². The molecule has 0 aliphatic heterocycles. The van der Waals surface area contributed by atoms with E-state index in [1.54, 1.807) is 24.3 Å². The number of hydrogen-bond acceptors (Lipinski definition) is 7. The maximum Gasteiger partial charge on any atom is 0.269 e. The van der Waals surface area contributed by atoms with Gasteiger partial charge in [-0.3, -0.25) is 25.1 Å². The van der Waals surface area contributed by atoms with Gasteiger partial charge < -0.3 is 10.1 Å². The molecule has 2 aromatic carbocycles. The molecular formula is C24H26N4O5. The number of amides is 1. The van der Waals surface area contributed by atoms with Crippen molar-refractivity contribution in [3.8, 4) is 5.75 Å². The number of non-ortho nitro benzene ring substituents is 1. The van der Waals surface area contributed by atoms with Crippen molar-refractivity contribution in [3.05, 3.63) is 58.6 Å². The number of carbonyl (C=O) groups is 2. The van der Waals surface area contributed by atoms with Crippen molar-refractivity contribution in [1.82, 2.24) is 0 Å². The fourth-order valence-electron chi connectivity index (χ4n) is 5.23. The number of Topliss-reactive ketones (excluding diaryl/α,β-unsaturated/α-hetero) is 1. The van der Waals surface area contributed by atoms with Crippen molar-refractivity contribution in [2.24, 2.45) is 21.3 Å². The molecule has 0 radical (unpaired) electrons. The Balaban J connectivity index is 1.66. The van der Waals surface area contributed by atoms with E-state index in [-0.39, 0.29) is 17.4 Å². The highest BCUT2D eigenvalue weighted by Gasteiger charge is 2.76. The van der Waals surface area contributed by atoms with E-state index in [0.717, 1.165) is 0 Å². The smallest absolute Gasteiger partial charge is 0.269 e. The van der Waals surface area contributed by atoms with Crippen LogP contribution >= 0.6 is 0 Å². The third-order valence-electron chi connectivity index (χ3n) is 7.69. The minimum Gasteiger partial charge on any atom is -0.495 e. The summed E-state index contributed by atoms with van der Waals surface area (Å²) < 4.78 is 5.34. The largest absolute Gasteiger partial charge is 0.495 e. The Bertz CT molecular complexity index is 1170. The van der Waals surface area contributed by atoms with E-state index in [9.17, 15) is 19.7 Å². The molecule has 1 amide bonds. The number of para-hydroxylation sites is 2. The lowest BCUT2D eigenvalue weighted by atomic mass is 9.64. The standard InChI is InChI=1S/C24H26N4O5/c1-22(2)23(3)13-14-24(22,21(30)25-17-7-5-6-8-18(17)33-4)20(29)19(23)27-26-15-9-11-16(12-10-15)28(31)32/h5-12,26H,13-14H2,1-4H3,(H,25,30). The Hall–Kier alpha value is -3.75. The zero-order valence-corrected chi connectivity index (χ0v) is 19.0. The number of carbonyl (C=O) groups excluding carboxylic acids is 2. The van der Waals surface area contributed by atoms with E-state index in [1.807, 2.05) is 20.8 Å². The molecule has 172 valence electrons. The lowest BCUT2D eigenvalue weighted by molar-refractivity contribution is -0.384. The summed E-state index contributed by atoms with van der Waals surface area (Å²) in [6.07, 6.45) is 1.05. The van der Waals surface area contributed by atoms with Crippen molar-refractivity contribution < 1.29 is 19.2 Å². The number of methoxy groups -OCH3 is 1. The third kappa shape index (κ3) is 3.10. The zero-order chi connectivity index (χ0) is 24.0. The number of nitrogens with zero attached hydrogens (tertiary/aromatic N) is 2. The number of benzene rings is 2. The molecule has 2 aliphatic carbocycles. The number of hydrogen-bond donors (Lipinski definition) is 2. The molecule has 2 bridgehead atoms. The monoisotopic (exact) mass is 450 g/mol. The first-order valence-electron chi connectivity index (χ1n) is 10.7. The fraction of sp³-hybridized carbons (Fsp3) is 0.375. The van der Waals surface area contributed by atoms with Crippen LogP contribution in [0.25, 0.3) is 0 Å². The summed E-state index contributed by atoms with van der Waals surface area (Å²) in [5.41, 5.74) is 1.58. The maximum atomic E-state index is 13.7. The number of rotatable bonds is 6. The summed E-state index contributed by atoms with van der Waals surface area (Å²) >= 11 is 0. The molecule has 2 N–H and O–H groups in total. The molecule has 2 aromatic rings. The van der Waals surface area contributed by atoms with Gasteiger partial charge in [-0.25, -0.2) is 0 Å².